The molecule has 5 nitrogen and oxygen atoms in total. The summed E-state index contributed by atoms with van der Waals surface area (Å²) in [5.74, 6) is -0.751. The number of amides is 1. The van der Waals surface area contributed by atoms with Crippen molar-refractivity contribution in [3.8, 4) is 0 Å². The van der Waals surface area contributed by atoms with Gasteiger partial charge >= 0.3 is 5.91 Å². The standard InChI is InChI=1S/C7H15N3O2/c1-9-5-3-2-4-6(8)7(11)10-12/h6,9H,2-5,8H2,1H3/t6-/m0/s1. The van der Waals surface area contributed by atoms with Gasteiger partial charge in [-0.15, -0.1) is 4.91 Å². The number of carbonyl (C=O) groups excluding carboxylic acids is 1. The normalized spacial score (nSPS) is 12.5. The molecule has 0 aliphatic heterocycles. The van der Waals surface area contributed by atoms with Gasteiger partial charge in [0.25, 0.3) is 0 Å². The molecule has 5 heteroatoms. The third kappa shape index (κ3) is 4.92. The van der Waals surface area contributed by atoms with Gasteiger partial charge in [-0.25, -0.2) is 0 Å². The predicted octanol–water partition coefficient (Wildman–Crippen LogP) is -0.00360. The van der Waals surface area contributed by atoms with E-state index in [1.165, 1.54) is 0 Å². The van der Waals surface area contributed by atoms with Gasteiger partial charge in [-0.1, -0.05) is 6.42 Å². The van der Waals surface area contributed by atoms with Crippen LogP contribution < -0.4 is 11.1 Å². The summed E-state index contributed by atoms with van der Waals surface area (Å²) in [7, 11) is 1.86. The van der Waals surface area contributed by atoms with Crippen LogP contribution in [-0.2, 0) is 4.79 Å². The zero-order valence-electron chi connectivity index (χ0n) is 7.25. The molecule has 0 aromatic carbocycles. The van der Waals surface area contributed by atoms with Gasteiger partial charge in [0.2, 0.25) is 0 Å². The van der Waals surface area contributed by atoms with Crippen molar-refractivity contribution in [2.45, 2.75) is 25.3 Å². The predicted molar refractivity (Wildman–Crippen MR) is 46.6 cm³/mol. The topological polar surface area (TPSA) is 84.5 Å². The summed E-state index contributed by atoms with van der Waals surface area (Å²) in [6, 6.07) is -0.709. The Morgan fingerprint density at radius 1 is 1.58 bits per heavy atom. The van der Waals surface area contributed by atoms with Crippen LogP contribution >= 0.6 is 0 Å². The largest absolute Gasteiger partial charge is 0.320 e. The SMILES string of the molecule is CNCCCC[C@H](N)C(=O)N=O. The fraction of sp³-hybridized carbons (Fsp3) is 0.857. The van der Waals surface area contributed by atoms with Gasteiger partial charge in [-0.3, -0.25) is 4.79 Å². The first-order valence-corrected chi connectivity index (χ1v) is 3.99. The number of nitrogens with zero attached hydrogens (tertiary/aromatic N) is 1. The number of unbranched alkanes of at least 4 members (excludes halogenated alkanes) is 1. The second-order valence-corrected chi connectivity index (χ2v) is 2.64. The molecule has 0 aromatic heterocycles. The van der Waals surface area contributed by atoms with Crippen molar-refractivity contribution in [3.05, 3.63) is 4.91 Å². The molecule has 0 fully saturated rings. The first kappa shape index (κ1) is 11.2. The Morgan fingerprint density at radius 3 is 2.75 bits per heavy atom. The Hall–Kier alpha value is -0.810. The molecule has 3 N–H and O–H groups in total. The number of hydrogen-bond donors (Lipinski definition) is 2. The summed E-state index contributed by atoms with van der Waals surface area (Å²) < 4.78 is 0. The highest BCUT2D eigenvalue weighted by atomic mass is 16.3. The molecule has 0 aliphatic rings. The summed E-state index contributed by atoms with van der Waals surface area (Å²) in [6.07, 6.45) is 2.33. The monoisotopic (exact) mass is 173 g/mol. The Bertz CT molecular complexity index is 150. The highest BCUT2D eigenvalue weighted by Crippen LogP contribution is 1.99. The van der Waals surface area contributed by atoms with E-state index in [9.17, 15) is 9.70 Å². The van der Waals surface area contributed by atoms with E-state index in [0.29, 0.717) is 6.42 Å². The van der Waals surface area contributed by atoms with Crippen LogP contribution in [0.2, 0.25) is 0 Å². The highest BCUT2D eigenvalue weighted by molar-refractivity contribution is 5.81. The lowest BCUT2D eigenvalue weighted by Gasteiger charge is -2.04. The van der Waals surface area contributed by atoms with Crippen molar-refractivity contribution in [1.82, 2.24) is 5.32 Å². The van der Waals surface area contributed by atoms with Gasteiger partial charge in [0.05, 0.1) is 6.04 Å². The van der Waals surface area contributed by atoms with Crippen LogP contribution in [0.5, 0.6) is 0 Å². The van der Waals surface area contributed by atoms with Crippen molar-refractivity contribution in [2.24, 2.45) is 10.9 Å². The molecular formula is C7H15N3O2. The third-order valence-electron chi connectivity index (χ3n) is 1.60. The zero-order valence-corrected chi connectivity index (χ0v) is 7.25. The lowest BCUT2D eigenvalue weighted by molar-refractivity contribution is -0.119. The van der Waals surface area contributed by atoms with E-state index in [1.54, 1.807) is 0 Å². The number of nitroso groups, excluding NO2 is 1. The van der Waals surface area contributed by atoms with Crippen LogP contribution in [0.1, 0.15) is 19.3 Å². The van der Waals surface area contributed by atoms with Crippen molar-refractivity contribution >= 4 is 5.91 Å². The minimum absolute atomic E-state index is 0.534. The Labute approximate surface area is 71.7 Å². The number of nitrogens with one attached hydrogen (secondary N) is 1. The maximum atomic E-state index is 10.6. The lowest BCUT2D eigenvalue weighted by atomic mass is 10.1. The van der Waals surface area contributed by atoms with Crippen molar-refractivity contribution in [1.29, 1.82) is 0 Å². The number of nitrogens with two attached hydrogens (primary N) is 1. The number of carbonyl (C=O) groups is 1. The van der Waals surface area contributed by atoms with E-state index in [1.807, 2.05) is 7.05 Å². The average molecular weight is 173 g/mol. The smallest absolute Gasteiger partial charge is 0.302 e. The van der Waals surface area contributed by atoms with Crippen LogP contribution in [0, 0.1) is 4.91 Å². The maximum Gasteiger partial charge on any atom is 0.302 e. The van der Waals surface area contributed by atoms with Gasteiger partial charge < -0.3 is 11.1 Å². The minimum atomic E-state index is -0.751. The molecule has 0 rings (SSSR count). The Morgan fingerprint density at radius 2 is 2.25 bits per heavy atom. The summed E-state index contributed by atoms with van der Waals surface area (Å²) in [5.41, 5.74) is 5.35. The summed E-state index contributed by atoms with van der Waals surface area (Å²) >= 11 is 0. The van der Waals surface area contributed by atoms with E-state index in [2.05, 4.69) is 10.5 Å². The fourth-order valence-electron chi connectivity index (χ4n) is 0.857. The first-order valence-electron chi connectivity index (χ1n) is 3.99. The van der Waals surface area contributed by atoms with Gasteiger partial charge in [0.15, 0.2) is 0 Å². The van der Waals surface area contributed by atoms with Crippen molar-refractivity contribution < 1.29 is 4.79 Å². The number of rotatable bonds is 6. The molecule has 70 valence electrons. The van der Waals surface area contributed by atoms with E-state index in [-0.39, 0.29) is 0 Å². The second kappa shape index (κ2) is 6.87. The summed E-state index contributed by atoms with van der Waals surface area (Å²) in [5, 5.41) is 5.23. The van der Waals surface area contributed by atoms with Gasteiger partial charge in [-0.2, -0.15) is 0 Å². The quantitative estimate of drug-likeness (QED) is 0.437. The second-order valence-electron chi connectivity index (χ2n) is 2.64. The van der Waals surface area contributed by atoms with Crippen molar-refractivity contribution in [2.75, 3.05) is 13.6 Å². The first-order chi connectivity index (χ1) is 5.72. The summed E-state index contributed by atoms with van der Waals surface area (Å²) in [4.78, 5) is 20.3. The molecule has 0 unspecified atom stereocenters. The van der Waals surface area contributed by atoms with Crippen LogP contribution in [0.3, 0.4) is 0 Å². The molecular weight excluding hydrogens is 158 g/mol. The molecule has 0 aliphatic carbocycles. The van der Waals surface area contributed by atoms with Crippen LogP contribution in [0.4, 0.5) is 0 Å². The minimum Gasteiger partial charge on any atom is -0.320 e. The molecule has 0 spiro atoms. The van der Waals surface area contributed by atoms with E-state index in [4.69, 9.17) is 5.73 Å². The Kier molecular flexibility index (Phi) is 6.41. The third-order valence-corrected chi connectivity index (χ3v) is 1.60. The molecule has 1 atom stereocenters. The highest BCUT2D eigenvalue weighted by Gasteiger charge is 2.12. The molecule has 12 heavy (non-hydrogen) atoms. The summed E-state index contributed by atoms with van der Waals surface area (Å²) in [6.45, 7) is 0.898. The van der Waals surface area contributed by atoms with Crippen LogP contribution in [-0.4, -0.2) is 25.5 Å². The molecule has 0 aromatic rings. The Balaban J connectivity index is 3.37. The van der Waals surface area contributed by atoms with Crippen LogP contribution in [0.25, 0.3) is 0 Å². The fourth-order valence-corrected chi connectivity index (χ4v) is 0.857. The van der Waals surface area contributed by atoms with Gasteiger partial charge in [0, 0.05) is 5.18 Å². The molecule has 0 bridgehead atoms. The van der Waals surface area contributed by atoms with Crippen molar-refractivity contribution in [3.63, 3.8) is 0 Å². The van der Waals surface area contributed by atoms with E-state index in [0.717, 1.165) is 19.4 Å². The van der Waals surface area contributed by atoms with Gasteiger partial charge in [-0.05, 0) is 26.4 Å². The van der Waals surface area contributed by atoms with E-state index >= 15 is 0 Å². The zero-order chi connectivity index (χ0) is 9.40. The maximum absolute atomic E-state index is 10.6. The molecule has 0 radical (unpaired) electrons. The molecule has 1 amide bonds. The van der Waals surface area contributed by atoms with E-state index < -0.39 is 11.9 Å². The lowest BCUT2D eigenvalue weighted by Crippen LogP contribution is -2.28. The van der Waals surface area contributed by atoms with Crippen LogP contribution in [0.15, 0.2) is 5.18 Å². The molecule has 0 saturated heterocycles. The number of hydrogen-bond acceptors (Lipinski definition) is 4. The molecule has 0 heterocycles. The molecule has 0 saturated carbocycles. The van der Waals surface area contributed by atoms with Gasteiger partial charge in [0.1, 0.15) is 0 Å². The average Bonchev–Trinajstić information content (AvgIpc) is 2.10.